The predicted octanol–water partition coefficient (Wildman–Crippen LogP) is 4.99. The SMILES string of the molecule is CCOC(=O)c1c(OC2CCC(c3ccc(OC(F)(F)F)cc3)CC2)nnn1OC(=O)C1CCCCC1. The molecule has 4 rings (SSSR count). The molecule has 2 saturated carbocycles. The molecule has 0 amide bonds. The van der Waals surface area contributed by atoms with E-state index in [0.717, 1.165) is 55.4 Å². The third-order valence-corrected chi connectivity index (χ3v) is 6.73. The summed E-state index contributed by atoms with van der Waals surface area (Å²) in [6, 6.07) is 5.89. The summed E-state index contributed by atoms with van der Waals surface area (Å²) in [4.78, 5) is 31.4. The van der Waals surface area contributed by atoms with Gasteiger partial charge in [-0.05, 0) is 74.3 Å². The van der Waals surface area contributed by atoms with Gasteiger partial charge in [0.05, 0.1) is 12.5 Å². The molecule has 1 aromatic heterocycles. The number of rotatable bonds is 8. The molecule has 1 heterocycles. The van der Waals surface area contributed by atoms with Crippen molar-refractivity contribution in [2.75, 3.05) is 6.61 Å². The zero-order valence-electron chi connectivity index (χ0n) is 20.5. The van der Waals surface area contributed by atoms with E-state index in [2.05, 4.69) is 15.0 Å². The Morgan fingerprint density at radius 1 is 1.00 bits per heavy atom. The van der Waals surface area contributed by atoms with E-state index in [0.29, 0.717) is 12.8 Å². The van der Waals surface area contributed by atoms with Crippen LogP contribution in [0, 0.1) is 5.92 Å². The standard InChI is InChI=1S/C25H30F3N3O6/c1-2-34-24(33)21-22(29-30-31(21)37-23(32)18-6-4-3-5-7-18)35-19-12-8-16(9-13-19)17-10-14-20(15-11-17)36-25(26,27)28/h10-11,14-16,18-19H,2-9,12-13H2,1H3. The Morgan fingerprint density at radius 2 is 1.68 bits per heavy atom. The van der Waals surface area contributed by atoms with E-state index in [1.54, 1.807) is 19.1 Å². The van der Waals surface area contributed by atoms with Crippen LogP contribution >= 0.6 is 0 Å². The number of carbonyl (C=O) groups excluding carboxylic acids is 2. The van der Waals surface area contributed by atoms with Gasteiger partial charge in [-0.25, -0.2) is 9.59 Å². The highest BCUT2D eigenvalue weighted by atomic mass is 19.4. The zero-order valence-corrected chi connectivity index (χ0v) is 20.5. The molecule has 0 bridgehead atoms. The lowest BCUT2D eigenvalue weighted by molar-refractivity contribution is -0.274. The first-order valence-electron chi connectivity index (χ1n) is 12.6. The predicted molar refractivity (Wildman–Crippen MR) is 123 cm³/mol. The Labute approximate surface area is 212 Å². The van der Waals surface area contributed by atoms with Crippen molar-refractivity contribution >= 4 is 11.9 Å². The number of hydrogen-bond acceptors (Lipinski definition) is 8. The fraction of sp³-hybridized carbons (Fsp3) is 0.600. The van der Waals surface area contributed by atoms with Crippen molar-refractivity contribution in [3.8, 4) is 11.6 Å². The number of hydrogen-bond donors (Lipinski definition) is 0. The lowest BCUT2D eigenvalue weighted by Gasteiger charge is -2.28. The van der Waals surface area contributed by atoms with Crippen molar-refractivity contribution in [2.45, 2.75) is 83.1 Å². The minimum absolute atomic E-state index is 0.0630. The summed E-state index contributed by atoms with van der Waals surface area (Å²) >= 11 is 0. The highest BCUT2D eigenvalue weighted by molar-refractivity contribution is 5.90. The number of nitrogens with zero attached hydrogens (tertiary/aromatic N) is 3. The molecule has 37 heavy (non-hydrogen) atoms. The van der Waals surface area contributed by atoms with Crippen LogP contribution in [-0.2, 0) is 9.53 Å². The number of alkyl halides is 3. The van der Waals surface area contributed by atoms with E-state index in [1.165, 1.54) is 12.1 Å². The van der Waals surface area contributed by atoms with Gasteiger partial charge in [0.1, 0.15) is 11.9 Å². The molecule has 0 atom stereocenters. The van der Waals surface area contributed by atoms with E-state index in [4.69, 9.17) is 14.3 Å². The molecule has 0 N–H and O–H groups in total. The number of ether oxygens (including phenoxy) is 3. The van der Waals surface area contributed by atoms with E-state index < -0.39 is 18.3 Å². The van der Waals surface area contributed by atoms with E-state index >= 15 is 0 Å². The van der Waals surface area contributed by atoms with Crippen LogP contribution in [0.15, 0.2) is 24.3 Å². The van der Waals surface area contributed by atoms with Gasteiger partial charge in [-0.1, -0.05) is 41.3 Å². The number of esters is 1. The molecule has 202 valence electrons. The topological polar surface area (TPSA) is 102 Å². The molecule has 2 aliphatic rings. The fourth-order valence-electron chi connectivity index (χ4n) is 4.87. The van der Waals surface area contributed by atoms with Crippen molar-refractivity contribution in [3.63, 3.8) is 0 Å². The average molecular weight is 526 g/mol. The first kappa shape index (κ1) is 26.7. The van der Waals surface area contributed by atoms with E-state index in [1.807, 2.05) is 0 Å². The van der Waals surface area contributed by atoms with E-state index in [-0.39, 0.29) is 41.9 Å². The largest absolute Gasteiger partial charge is 0.573 e. The smallest absolute Gasteiger partial charge is 0.471 e. The molecule has 12 heteroatoms. The minimum atomic E-state index is -4.73. The Bertz CT molecular complexity index is 1060. The number of carbonyl (C=O) groups is 2. The highest BCUT2D eigenvalue weighted by Crippen LogP contribution is 2.36. The molecule has 0 aliphatic heterocycles. The van der Waals surface area contributed by atoms with Crippen LogP contribution < -0.4 is 14.3 Å². The second-order valence-electron chi connectivity index (χ2n) is 9.29. The molecule has 2 aromatic rings. The maximum atomic E-state index is 12.6. The van der Waals surface area contributed by atoms with Crippen molar-refractivity contribution in [2.24, 2.45) is 5.92 Å². The normalized spacial score (nSPS) is 20.8. The maximum absolute atomic E-state index is 12.6. The van der Waals surface area contributed by atoms with Crippen LogP contribution in [-0.4, -0.2) is 46.2 Å². The van der Waals surface area contributed by atoms with Crippen LogP contribution in [0.3, 0.4) is 0 Å². The van der Waals surface area contributed by atoms with Gasteiger partial charge in [0.25, 0.3) is 11.6 Å². The summed E-state index contributed by atoms with van der Waals surface area (Å²) in [5.41, 5.74) is 0.745. The van der Waals surface area contributed by atoms with Gasteiger partial charge in [0, 0.05) is 0 Å². The highest BCUT2D eigenvalue weighted by Gasteiger charge is 2.33. The summed E-state index contributed by atoms with van der Waals surface area (Å²) in [6.07, 6.45) is 2.15. The maximum Gasteiger partial charge on any atom is 0.573 e. The van der Waals surface area contributed by atoms with Gasteiger partial charge in [-0.3, -0.25) is 0 Å². The third-order valence-electron chi connectivity index (χ3n) is 6.73. The first-order chi connectivity index (χ1) is 17.7. The number of aromatic nitrogens is 3. The average Bonchev–Trinajstić information content (AvgIpc) is 3.26. The van der Waals surface area contributed by atoms with Gasteiger partial charge in [-0.15, -0.1) is 13.2 Å². The summed E-state index contributed by atoms with van der Waals surface area (Å²) in [6.45, 7) is 1.77. The second-order valence-corrected chi connectivity index (χ2v) is 9.29. The van der Waals surface area contributed by atoms with Crippen LogP contribution in [0.5, 0.6) is 11.6 Å². The van der Waals surface area contributed by atoms with Gasteiger partial charge >= 0.3 is 18.3 Å². The van der Waals surface area contributed by atoms with Crippen LogP contribution in [0.4, 0.5) is 13.2 Å². The summed E-state index contributed by atoms with van der Waals surface area (Å²) < 4.78 is 52.2. The summed E-state index contributed by atoms with van der Waals surface area (Å²) in [5, 5.41) is 7.76. The fourth-order valence-corrected chi connectivity index (χ4v) is 4.87. The third kappa shape index (κ3) is 7.14. The van der Waals surface area contributed by atoms with Gasteiger partial charge < -0.3 is 19.0 Å². The second kappa shape index (κ2) is 11.8. The van der Waals surface area contributed by atoms with Crippen molar-refractivity contribution in [1.82, 2.24) is 15.2 Å². The van der Waals surface area contributed by atoms with Crippen molar-refractivity contribution in [3.05, 3.63) is 35.5 Å². The van der Waals surface area contributed by atoms with Crippen LogP contribution in [0.1, 0.15) is 86.7 Å². The summed E-state index contributed by atoms with van der Waals surface area (Å²) in [5.74, 6) is -1.64. The van der Waals surface area contributed by atoms with Gasteiger partial charge in [-0.2, -0.15) is 0 Å². The first-order valence-corrected chi connectivity index (χ1v) is 12.6. The van der Waals surface area contributed by atoms with Crippen molar-refractivity contribution < 1.29 is 41.8 Å². The minimum Gasteiger partial charge on any atom is -0.471 e. The number of benzene rings is 1. The molecule has 9 nitrogen and oxygen atoms in total. The molecule has 0 saturated heterocycles. The Morgan fingerprint density at radius 3 is 2.30 bits per heavy atom. The quantitative estimate of drug-likeness (QED) is 0.351. The van der Waals surface area contributed by atoms with E-state index in [9.17, 15) is 22.8 Å². The molecule has 2 aliphatic carbocycles. The molecule has 0 radical (unpaired) electrons. The molecule has 2 fully saturated rings. The molecular formula is C25H30F3N3O6. The Balaban J connectivity index is 1.38. The van der Waals surface area contributed by atoms with Crippen LogP contribution in [0.2, 0.25) is 0 Å². The van der Waals surface area contributed by atoms with Gasteiger partial charge in [0.2, 0.25) is 0 Å². The zero-order chi connectivity index (χ0) is 26.4. The molecule has 1 aromatic carbocycles. The molecule has 0 spiro atoms. The van der Waals surface area contributed by atoms with Crippen molar-refractivity contribution in [1.29, 1.82) is 0 Å². The Kier molecular flexibility index (Phi) is 8.55. The molecular weight excluding hydrogens is 495 g/mol. The monoisotopic (exact) mass is 525 g/mol. The summed E-state index contributed by atoms with van der Waals surface area (Å²) in [7, 11) is 0. The Hall–Kier alpha value is -3.31. The lowest BCUT2D eigenvalue weighted by atomic mass is 9.83. The lowest BCUT2D eigenvalue weighted by Crippen LogP contribution is -2.31. The molecule has 0 unspecified atom stereocenters. The number of halogens is 3. The van der Waals surface area contributed by atoms with Gasteiger partial charge in [0.15, 0.2) is 0 Å². The van der Waals surface area contributed by atoms with Crippen LogP contribution in [0.25, 0.3) is 0 Å².